The Balaban J connectivity index is 1.74. The summed E-state index contributed by atoms with van der Waals surface area (Å²) in [5.74, 6) is -0.334. The Morgan fingerprint density at radius 3 is 2.34 bits per heavy atom. The number of amides is 1. The molecule has 0 spiro atoms. The molecule has 170 valence electrons. The highest BCUT2D eigenvalue weighted by Gasteiger charge is 2.31. The van der Waals surface area contributed by atoms with Crippen molar-refractivity contribution in [2.75, 3.05) is 6.54 Å². The van der Waals surface area contributed by atoms with Crippen LogP contribution < -0.4 is 0 Å². The normalized spacial score (nSPS) is 12.6. The van der Waals surface area contributed by atoms with Gasteiger partial charge in [0.1, 0.15) is 17.3 Å². The minimum absolute atomic E-state index is 0.221. The molecule has 0 aliphatic carbocycles. The van der Waals surface area contributed by atoms with E-state index in [9.17, 15) is 22.4 Å². The summed E-state index contributed by atoms with van der Waals surface area (Å²) in [5, 5.41) is 0.717. The summed E-state index contributed by atoms with van der Waals surface area (Å²) >= 11 is 1.36. The van der Waals surface area contributed by atoms with Crippen LogP contribution in [0, 0.1) is 12.7 Å². The number of carbonyl (C=O) groups excluding carboxylic acids is 1. The van der Waals surface area contributed by atoms with E-state index >= 15 is 0 Å². The van der Waals surface area contributed by atoms with Crippen LogP contribution in [-0.2, 0) is 12.6 Å². The molecular weight excluding hydrogens is 444 g/mol. The molecule has 10 heteroatoms. The van der Waals surface area contributed by atoms with Crippen molar-refractivity contribution < 1.29 is 22.4 Å². The minimum atomic E-state index is -4.48. The van der Waals surface area contributed by atoms with Crippen LogP contribution in [0.4, 0.5) is 17.6 Å². The molecule has 3 aromatic rings. The quantitative estimate of drug-likeness (QED) is 0.429. The van der Waals surface area contributed by atoms with E-state index in [1.807, 2.05) is 13.8 Å². The van der Waals surface area contributed by atoms with Crippen molar-refractivity contribution in [3.05, 3.63) is 64.6 Å². The van der Waals surface area contributed by atoms with Gasteiger partial charge in [-0.3, -0.25) is 4.79 Å². The fraction of sp³-hybridized carbons (Fsp3) is 0.364. The third-order valence-electron chi connectivity index (χ3n) is 5.00. The largest absolute Gasteiger partial charge is 0.419 e. The predicted molar refractivity (Wildman–Crippen MR) is 114 cm³/mol. The molecule has 1 aromatic carbocycles. The summed E-state index contributed by atoms with van der Waals surface area (Å²) in [4.78, 5) is 27.6. The van der Waals surface area contributed by atoms with Gasteiger partial charge < -0.3 is 4.90 Å². The van der Waals surface area contributed by atoms with E-state index in [0.717, 1.165) is 17.4 Å². The summed E-state index contributed by atoms with van der Waals surface area (Å²) in [7, 11) is 0. The molecule has 1 atom stereocenters. The summed E-state index contributed by atoms with van der Waals surface area (Å²) in [6, 6.07) is 5.68. The van der Waals surface area contributed by atoms with E-state index in [2.05, 4.69) is 15.0 Å². The molecule has 32 heavy (non-hydrogen) atoms. The number of aryl methyl sites for hydroxylation is 2. The van der Waals surface area contributed by atoms with Gasteiger partial charge in [-0.25, -0.2) is 19.3 Å². The molecule has 0 unspecified atom stereocenters. The second-order valence-electron chi connectivity index (χ2n) is 7.28. The van der Waals surface area contributed by atoms with Gasteiger partial charge in [0, 0.05) is 31.4 Å². The van der Waals surface area contributed by atoms with Gasteiger partial charge in [-0.2, -0.15) is 13.2 Å². The number of carbonyl (C=O) groups is 1. The molecule has 2 heterocycles. The lowest BCUT2D eigenvalue weighted by molar-refractivity contribution is -0.138. The zero-order chi connectivity index (χ0) is 23.5. The number of halogens is 4. The van der Waals surface area contributed by atoms with Crippen LogP contribution in [0.25, 0.3) is 10.4 Å². The molecule has 5 nitrogen and oxygen atoms in total. The fourth-order valence-corrected chi connectivity index (χ4v) is 4.20. The lowest BCUT2D eigenvalue weighted by atomic mass is 10.1. The lowest BCUT2D eigenvalue weighted by Crippen LogP contribution is -2.39. The number of hydrogen-bond donors (Lipinski definition) is 0. The highest BCUT2D eigenvalue weighted by molar-refractivity contribution is 7.15. The first-order valence-corrected chi connectivity index (χ1v) is 10.8. The Hall–Kier alpha value is -2.88. The van der Waals surface area contributed by atoms with Crippen LogP contribution in [0.2, 0.25) is 0 Å². The summed E-state index contributed by atoms with van der Waals surface area (Å²) in [6.45, 7) is 5.94. The topological polar surface area (TPSA) is 59.0 Å². The van der Waals surface area contributed by atoms with Crippen molar-refractivity contribution in [3.8, 4) is 10.4 Å². The van der Waals surface area contributed by atoms with E-state index in [1.165, 1.54) is 23.5 Å². The third kappa shape index (κ3) is 5.48. The lowest BCUT2D eigenvalue weighted by Gasteiger charge is -2.27. The van der Waals surface area contributed by atoms with Gasteiger partial charge in [-0.05, 0) is 44.9 Å². The Kier molecular flexibility index (Phi) is 7.22. The summed E-state index contributed by atoms with van der Waals surface area (Å²) in [5.41, 5.74) is 0.118. The SMILES string of the molecule is CCN(C(=O)c1nc(C)sc1-c1ccc(F)cc1)[C@@H](C)CCc1ncc(C(F)(F)F)cn1. The molecule has 1 amide bonds. The van der Waals surface area contributed by atoms with Crippen molar-refractivity contribution in [3.63, 3.8) is 0 Å². The zero-order valence-corrected chi connectivity index (χ0v) is 18.6. The van der Waals surface area contributed by atoms with Crippen molar-refractivity contribution in [2.24, 2.45) is 0 Å². The van der Waals surface area contributed by atoms with Crippen molar-refractivity contribution in [1.29, 1.82) is 0 Å². The fourth-order valence-electron chi connectivity index (χ4n) is 3.28. The average Bonchev–Trinajstić information content (AvgIpc) is 3.14. The second-order valence-corrected chi connectivity index (χ2v) is 8.49. The van der Waals surface area contributed by atoms with Crippen LogP contribution in [-0.4, -0.2) is 38.3 Å². The number of rotatable bonds is 7. The molecule has 0 radical (unpaired) electrons. The number of thiazole rings is 1. The molecule has 0 aliphatic heterocycles. The van der Waals surface area contributed by atoms with E-state index in [4.69, 9.17) is 0 Å². The molecule has 0 saturated carbocycles. The van der Waals surface area contributed by atoms with Crippen LogP contribution in [0.1, 0.15) is 47.2 Å². The maximum absolute atomic E-state index is 13.3. The molecule has 0 N–H and O–H groups in total. The first kappa shape index (κ1) is 23.8. The number of hydrogen-bond acceptors (Lipinski definition) is 5. The maximum atomic E-state index is 13.3. The van der Waals surface area contributed by atoms with E-state index in [1.54, 1.807) is 24.0 Å². The van der Waals surface area contributed by atoms with Crippen LogP contribution >= 0.6 is 11.3 Å². The van der Waals surface area contributed by atoms with Gasteiger partial charge in [0.2, 0.25) is 0 Å². The molecular formula is C22H22F4N4OS. The summed E-state index contributed by atoms with van der Waals surface area (Å²) < 4.78 is 51.3. The molecule has 3 rings (SSSR count). The highest BCUT2D eigenvalue weighted by Crippen LogP contribution is 2.32. The number of nitrogens with zero attached hydrogens (tertiary/aromatic N) is 4. The molecule has 0 bridgehead atoms. The minimum Gasteiger partial charge on any atom is -0.335 e. The van der Waals surface area contributed by atoms with Crippen LogP contribution in [0.15, 0.2) is 36.7 Å². The predicted octanol–water partition coefficient (Wildman–Crippen LogP) is 5.55. The molecule has 2 aromatic heterocycles. The number of aromatic nitrogens is 3. The van der Waals surface area contributed by atoms with E-state index < -0.39 is 11.7 Å². The van der Waals surface area contributed by atoms with Gasteiger partial charge in [-0.15, -0.1) is 11.3 Å². The molecule has 0 saturated heterocycles. The third-order valence-corrected chi connectivity index (χ3v) is 6.01. The molecule has 0 aliphatic rings. The van der Waals surface area contributed by atoms with E-state index in [0.29, 0.717) is 35.5 Å². The maximum Gasteiger partial charge on any atom is 0.419 e. The van der Waals surface area contributed by atoms with Crippen LogP contribution in [0.3, 0.4) is 0 Å². The standard InChI is InChI=1S/C22H22F4N4OS/c1-4-30(13(2)5-10-18-27-11-16(12-28-18)22(24,25)26)21(31)19-20(32-14(3)29-19)15-6-8-17(23)9-7-15/h6-9,11-13H,4-5,10H2,1-3H3/t13-/m0/s1. The van der Waals surface area contributed by atoms with Crippen molar-refractivity contribution >= 4 is 17.2 Å². The van der Waals surface area contributed by atoms with Gasteiger partial charge in [0.05, 0.1) is 15.4 Å². The van der Waals surface area contributed by atoms with Gasteiger partial charge in [0.15, 0.2) is 0 Å². The first-order chi connectivity index (χ1) is 15.1. The smallest absolute Gasteiger partial charge is 0.335 e. The zero-order valence-electron chi connectivity index (χ0n) is 17.8. The monoisotopic (exact) mass is 466 g/mol. The number of benzene rings is 1. The second kappa shape index (κ2) is 9.72. The van der Waals surface area contributed by atoms with Crippen LogP contribution in [0.5, 0.6) is 0 Å². The van der Waals surface area contributed by atoms with E-state index in [-0.39, 0.29) is 23.6 Å². The first-order valence-electron chi connectivity index (χ1n) is 10.0. The van der Waals surface area contributed by atoms with Gasteiger partial charge in [0.25, 0.3) is 5.91 Å². The Morgan fingerprint density at radius 1 is 1.16 bits per heavy atom. The highest BCUT2D eigenvalue weighted by atomic mass is 32.1. The van der Waals surface area contributed by atoms with Gasteiger partial charge >= 0.3 is 6.18 Å². The van der Waals surface area contributed by atoms with Crippen molar-refractivity contribution in [1.82, 2.24) is 19.9 Å². The van der Waals surface area contributed by atoms with Crippen molar-refractivity contribution in [2.45, 2.75) is 45.8 Å². The van der Waals surface area contributed by atoms with Gasteiger partial charge in [-0.1, -0.05) is 12.1 Å². The Labute approximate surface area is 187 Å². The Bertz CT molecular complexity index is 1070. The summed E-state index contributed by atoms with van der Waals surface area (Å²) in [6.07, 6.45) is -2.15. The molecule has 0 fully saturated rings. The Morgan fingerprint density at radius 2 is 1.78 bits per heavy atom. The average molecular weight is 467 g/mol. The number of alkyl halides is 3.